The van der Waals surface area contributed by atoms with Crippen LogP contribution in [0.1, 0.15) is 0 Å². The Labute approximate surface area is 105 Å². The van der Waals surface area contributed by atoms with E-state index in [4.69, 9.17) is 4.74 Å². The smallest absolute Gasteiger partial charge is 0.122 e. The molecule has 0 N–H and O–H groups in total. The Hall–Kier alpha value is -2.20. The summed E-state index contributed by atoms with van der Waals surface area (Å²) in [6.07, 6.45) is 3.76. The van der Waals surface area contributed by atoms with Crippen LogP contribution in [-0.4, -0.2) is 21.6 Å². The number of rotatable bonds is 3. The van der Waals surface area contributed by atoms with Crippen molar-refractivity contribution in [3.8, 4) is 11.4 Å². The summed E-state index contributed by atoms with van der Waals surface area (Å²) >= 11 is 0. The molecule has 0 radical (unpaired) electrons. The first-order valence-corrected chi connectivity index (χ1v) is 5.75. The highest BCUT2D eigenvalue weighted by atomic mass is 16.5. The quantitative estimate of drug-likeness (QED) is 0.705. The van der Waals surface area contributed by atoms with Crippen LogP contribution in [0.25, 0.3) is 22.4 Å². The van der Waals surface area contributed by atoms with Crippen molar-refractivity contribution in [3.05, 3.63) is 48.8 Å². The van der Waals surface area contributed by atoms with Crippen LogP contribution in [0, 0.1) is 0 Å². The third kappa shape index (κ3) is 1.87. The fourth-order valence-corrected chi connectivity index (χ4v) is 1.98. The molecule has 4 heteroatoms. The van der Waals surface area contributed by atoms with E-state index < -0.39 is 0 Å². The molecule has 0 saturated carbocycles. The SMILES string of the molecule is COCn1cccc1-c1cnc2ccccc2n1. The average Bonchev–Trinajstić information content (AvgIpc) is 2.87. The molecular weight excluding hydrogens is 226 g/mol. The summed E-state index contributed by atoms with van der Waals surface area (Å²) in [6.45, 7) is 0.511. The van der Waals surface area contributed by atoms with E-state index in [2.05, 4.69) is 9.97 Å². The summed E-state index contributed by atoms with van der Waals surface area (Å²) in [7, 11) is 1.68. The summed E-state index contributed by atoms with van der Waals surface area (Å²) in [5.41, 5.74) is 3.68. The molecule has 0 aliphatic heterocycles. The summed E-state index contributed by atoms with van der Waals surface area (Å²) in [4.78, 5) is 9.04. The van der Waals surface area contributed by atoms with E-state index in [1.165, 1.54) is 0 Å². The van der Waals surface area contributed by atoms with Crippen molar-refractivity contribution in [1.29, 1.82) is 0 Å². The third-order valence-corrected chi connectivity index (χ3v) is 2.81. The highest BCUT2D eigenvalue weighted by Gasteiger charge is 2.06. The number of nitrogens with zero attached hydrogens (tertiary/aromatic N) is 3. The van der Waals surface area contributed by atoms with Gasteiger partial charge in [-0.2, -0.15) is 0 Å². The molecule has 0 atom stereocenters. The van der Waals surface area contributed by atoms with Crippen molar-refractivity contribution in [2.45, 2.75) is 6.73 Å². The van der Waals surface area contributed by atoms with Gasteiger partial charge < -0.3 is 9.30 Å². The van der Waals surface area contributed by atoms with Gasteiger partial charge in [0.25, 0.3) is 0 Å². The molecule has 3 rings (SSSR count). The van der Waals surface area contributed by atoms with Crippen LogP contribution in [0.4, 0.5) is 0 Å². The molecule has 90 valence electrons. The number of hydrogen-bond donors (Lipinski definition) is 0. The number of fused-ring (bicyclic) bond motifs is 1. The highest BCUT2D eigenvalue weighted by molar-refractivity contribution is 5.76. The van der Waals surface area contributed by atoms with E-state index in [-0.39, 0.29) is 0 Å². The minimum Gasteiger partial charge on any atom is -0.364 e. The second-order valence-corrected chi connectivity index (χ2v) is 4.02. The first-order valence-electron chi connectivity index (χ1n) is 5.75. The van der Waals surface area contributed by atoms with E-state index in [0.29, 0.717) is 6.73 Å². The van der Waals surface area contributed by atoms with Gasteiger partial charge in [-0.1, -0.05) is 12.1 Å². The van der Waals surface area contributed by atoms with Crippen molar-refractivity contribution in [2.75, 3.05) is 7.11 Å². The second-order valence-electron chi connectivity index (χ2n) is 4.02. The molecule has 0 bridgehead atoms. The zero-order chi connectivity index (χ0) is 12.4. The molecule has 0 aliphatic rings. The Kier molecular flexibility index (Phi) is 2.78. The molecule has 0 saturated heterocycles. The van der Waals surface area contributed by atoms with Crippen molar-refractivity contribution >= 4 is 11.0 Å². The van der Waals surface area contributed by atoms with Crippen molar-refractivity contribution in [1.82, 2.24) is 14.5 Å². The average molecular weight is 239 g/mol. The zero-order valence-corrected chi connectivity index (χ0v) is 10.1. The predicted octanol–water partition coefficient (Wildman–Crippen LogP) is 2.70. The van der Waals surface area contributed by atoms with Crippen LogP contribution in [-0.2, 0) is 11.5 Å². The maximum atomic E-state index is 5.15. The maximum Gasteiger partial charge on any atom is 0.122 e. The number of aromatic nitrogens is 3. The lowest BCUT2D eigenvalue weighted by Gasteiger charge is -2.07. The summed E-state index contributed by atoms with van der Waals surface area (Å²) in [5, 5.41) is 0. The topological polar surface area (TPSA) is 39.9 Å². The molecule has 0 fully saturated rings. The normalized spacial score (nSPS) is 10.9. The largest absolute Gasteiger partial charge is 0.364 e. The minimum absolute atomic E-state index is 0.511. The second kappa shape index (κ2) is 4.58. The Bertz CT molecular complexity index is 675. The van der Waals surface area contributed by atoms with Crippen molar-refractivity contribution < 1.29 is 4.74 Å². The van der Waals surface area contributed by atoms with Gasteiger partial charge in [-0.15, -0.1) is 0 Å². The Morgan fingerprint density at radius 3 is 2.78 bits per heavy atom. The molecule has 2 aromatic heterocycles. The lowest BCUT2D eigenvalue weighted by Crippen LogP contribution is -2.01. The van der Waals surface area contributed by atoms with Gasteiger partial charge in [0.05, 0.1) is 22.9 Å². The van der Waals surface area contributed by atoms with Crippen LogP contribution < -0.4 is 0 Å². The molecule has 3 aromatic rings. The van der Waals surface area contributed by atoms with Gasteiger partial charge in [-0.25, -0.2) is 4.98 Å². The van der Waals surface area contributed by atoms with Crippen molar-refractivity contribution in [3.63, 3.8) is 0 Å². The Morgan fingerprint density at radius 2 is 1.94 bits per heavy atom. The van der Waals surface area contributed by atoms with Gasteiger partial charge in [0, 0.05) is 13.3 Å². The third-order valence-electron chi connectivity index (χ3n) is 2.81. The molecule has 2 heterocycles. The number of para-hydroxylation sites is 2. The number of methoxy groups -OCH3 is 1. The fraction of sp³-hybridized carbons (Fsp3) is 0.143. The summed E-state index contributed by atoms with van der Waals surface area (Å²) in [6, 6.07) is 11.8. The molecule has 0 spiro atoms. The van der Waals surface area contributed by atoms with Gasteiger partial charge in [-0.05, 0) is 24.3 Å². The van der Waals surface area contributed by atoms with Gasteiger partial charge >= 0.3 is 0 Å². The van der Waals surface area contributed by atoms with Crippen molar-refractivity contribution in [2.24, 2.45) is 0 Å². The van der Waals surface area contributed by atoms with E-state index >= 15 is 0 Å². The first kappa shape index (κ1) is 10.9. The lowest BCUT2D eigenvalue weighted by molar-refractivity contribution is 0.133. The standard InChI is InChI=1S/C14H13N3O/c1-18-10-17-8-4-7-14(17)13-9-15-11-5-2-3-6-12(11)16-13/h2-9H,10H2,1H3. The highest BCUT2D eigenvalue weighted by Crippen LogP contribution is 2.19. The van der Waals surface area contributed by atoms with E-state index in [0.717, 1.165) is 22.4 Å². The molecule has 4 nitrogen and oxygen atoms in total. The lowest BCUT2D eigenvalue weighted by atomic mass is 10.2. The Balaban J connectivity index is 2.10. The molecule has 18 heavy (non-hydrogen) atoms. The van der Waals surface area contributed by atoms with Gasteiger partial charge in [0.2, 0.25) is 0 Å². The monoisotopic (exact) mass is 239 g/mol. The number of benzene rings is 1. The van der Waals surface area contributed by atoms with Gasteiger partial charge in [0.1, 0.15) is 12.4 Å². The Morgan fingerprint density at radius 1 is 1.11 bits per heavy atom. The molecule has 0 unspecified atom stereocenters. The van der Waals surface area contributed by atoms with Crippen LogP contribution in [0.2, 0.25) is 0 Å². The van der Waals surface area contributed by atoms with E-state index in [1.807, 2.05) is 47.2 Å². The summed E-state index contributed by atoms with van der Waals surface area (Å²) in [5.74, 6) is 0. The fourth-order valence-electron chi connectivity index (χ4n) is 1.98. The van der Waals surface area contributed by atoms with Crippen LogP contribution in [0.5, 0.6) is 0 Å². The van der Waals surface area contributed by atoms with Gasteiger partial charge in [0.15, 0.2) is 0 Å². The van der Waals surface area contributed by atoms with Crippen LogP contribution in [0.3, 0.4) is 0 Å². The molecule has 1 aromatic carbocycles. The number of hydrogen-bond acceptors (Lipinski definition) is 3. The van der Waals surface area contributed by atoms with Crippen LogP contribution in [0.15, 0.2) is 48.8 Å². The maximum absolute atomic E-state index is 5.15. The van der Waals surface area contributed by atoms with E-state index in [1.54, 1.807) is 13.3 Å². The number of ether oxygens (including phenoxy) is 1. The molecule has 0 amide bonds. The predicted molar refractivity (Wildman–Crippen MR) is 70.0 cm³/mol. The van der Waals surface area contributed by atoms with Gasteiger partial charge in [-0.3, -0.25) is 4.98 Å². The first-order chi connectivity index (χ1) is 8.88. The zero-order valence-electron chi connectivity index (χ0n) is 10.1. The summed E-state index contributed by atoms with van der Waals surface area (Å²) < 4.78 is 7.15. The van der Waals surface area contributed by atoms with E-state index in [9.17, 15) is 0 Å². The minimum atomic E-state index is 0.511. The molecular formula is C14H13N3O. The van der Waals surface area contributed by atoms with Crippen LogP contribution >= 0.6 is 0 Å². The molecule has 0 aliphatic carbocycles.